The molecule has 1 rings (SSSR count). The van der Waals surface area contributed by atoms with Crippen molar-refractivity contribution in [1.82, 2.24) is 0 Å². The zero-order valence-corrected chi connectivity index (χ0v) is 14.4. The van der Waals surface area contributed by atoms with E-state index in [-0.39, 0.29) is 48.0 Å². The number of carbonyl (C=O) groups is 1. The van der Waals surface area contributed by atoms with Gasteiger partial charge in [0.2, 0.25) is 5.91 Å². The topological polar surface area (TPSA) is 61.4 Å². The van der Waals surface area contributed by atoms with Crippen LogP contribution in [0.25, 0.3) is 0 Å². The zero-order valence-electron chi connectivity index (χ0n) is 10.8. The first-order chi connectivity index (χ1) is 8.08. The van der Waals surface area contributed by atoms with E-state index >= 15 is 0 Å². The molecule has 0 saturated heterocycles. The number of hydrogen-bond donors (Lipinski definition) is 1. The predicted octanol–water partition coefficient (Wildman–Crippen LogP) is -1.24. The van der Waals surface area contributed by atoms with Crippen molar-refractivity contribution in [2.45, 2.75) is 20.5 Å². The van der Waals surface area contributed by atoms with Crippen LogP contribution in [0, 0.1) is 12.8 Å². The number of aryl methyl sites for hydroxylation is 1. The van der Waals surface area contributed by atoms with Gasteiger partial charge in [-0.05, 0) is 30.2 Å². The minimum Gasteiger partial charge on any atom is -0.723 e. The van der Waals surface area contributed by atoms with Crippen molar-refractivity contribution in [3.8, 4) is 0 Å². The summed E-state index contributed by atoms with van der Waals surface area (Å²) in [7, 11) is 0. The molecule has 0 radical (unpaired) electrons. The van der Waals surface area contributed by atoms with Gasteiger partial charge in [-0.3, -0.25) is 4.79 Å². The molecule has 1 amide bonds. The first-order valence-corrected chi connectivity index (χ1v) is 6.41. The molecule has 0 heterocycles. The van der Waals surface area contributed by atoms with Crippen molar-refractivity contribution in [1.29, 1.82) is 0 Å². The van der Waals surface area contributed by atoms with Gasteiger partial charge in [0.1, 0.15) is 0 Å². The molecule has 0 aromatic heterocycles. The summed E-state index contributed by atoms with van der Waals surface area (Å²) >= 11 is 3.26. The van der Waals surface area contributed by atoms with Crippen LogP contribution in [0.15, 0.2) is 18.2 Å². The van der Waals surface area contributed by atoms with E-state index in [9.17, 15) is 10.1 Å². The summed E-state index contributed by atoms with van der Waals surface area (Å²) in [6, 6.07) is 5.37. The minimum atomic E-state index is -0.0834. The SMILES string of the molecule is Cc1cc(NC(=O)C(C)CBr)ccc1CO[O-].[Na+]. The van der Waals surface area contributed by atoms with E-state index in [0.29, 0.717) is 5.33 Å². The zero-order chi connectivity index (χ0) is 12.8. The Kier molecular flexibility index (Phi) is 9.11. The van der Waals surface area contributed by atoms with Gasteiger partial charge in [-0.2, -0.15) is 0 Å². The summed E-state index contributed by atoms with van der Waals surface area (Å²) in [5, 5.41) is 13.5. The fourth-order valence-electron chi connectivity index (χ4n) is 1.33. The predicted molar refractivity (Wildman–Crippen MR) is 67.6 cm³/mol. The molecule has 1 aromatic carbocycles. The second kappa shape index (κ2) is 9.07. The summed E-state index contributed by atoms with van der Waals surface area (Å²) in [6.45, 7) is 3.76. The van der Waals surface area contributed by atoms with Crippen molar-refractivity contribution in [2.24, 2.45) is 5.92 Å². The van der Waals surface area contributed by atoms with Crippen LogP contribution < -0.4 is 40.1 Å². The van der Waals surface area contributed by atoms with Crippen LogP contribution >= 0.6 is 15.9 Å². The summed E-state index contributed by atoms with van der Waals surface area (Å²) < 4.78 is 0. The Bertz CT molecular complexity index is 401. The minimum absolute atomic E-state index is 0. The molecule has 1 unspecified atom stereocenters. The first-order valence-electron chi connectivity index (χ1n) is 5.29. The number of amides is 1. The third kappa shape index (κ3) is 5.38. The van der Waals surface area contributed by atoms with Crippen LogP contribution in [-0.2, 0) is 16.3 Å². The smallest absolute Gasteiger partial charge is 0.723 e. The maximum absolute atomic E-state index is 11.6. The van der Waals surface area contributed by atoms with Crippen LogP contribution in [0.3, 0.4) is 0 Å². The van der Waals surface area contributed by atoms with Gasteiger partial charge in [-0.15, -0.1) is 0 Å². The fourth-order valence-corrected chi connectivity index (χ4v) is 1.63. The second-order valence-corrected chi connectivity index (χ2v) is 4.60. The Hall–Kier alpha value is 0.0900. The van der Waals surface area contributed by atoms with Crippen LogP contribution in [0.2, 0.25) is 0 Å². The molecule has 94 valence electrons. The van der Waals surface area contributed by atoms with Crippen molar-refractivity contribution < 1.29 is 44.5 Å². The molecule has 0 aliphatic carbocycles. The monoisotopic (exact) mass is 323 g/mol. The van der Waals surface area contributed by atoms with E-state index in [1.807, 2.05) is 19.9 Å². The molecular formula is C12H15BrNNaO3. The normalized spacial score (nSPS) is 11.6. The molecule has 0 spiro atoms. The van der Waals surface area contributed by atoms with Gasteiger partial charge in [-0.1, -0.05) is 28.9 Å². The quantitative estimate of drug-likeness (QED) is 0.319. The average Bonchev–Trinajstić information content (AvgIpc) is 2.31. The molecule has 1 aromatic rings. The van der Waals surface area contributed by atoms with Crippen molar-refractivity contribution in [2.75, 3.05) is 10.6 Å². The van der Waals surface area contributed by atoms with Crippen LogP contribution in [-0.4, -0.2) is 11.2 Å². The Morgan fingerprint density at radius 3 is 2.72 bits per heavy atom. The molecule has 6 heteroatoms. The van der Waals surface area contributed by atoms with E-state index in [0.717, 1.165) is 16.8 Å². The number of rotatable bonds is 5. The van der Waals surface area contributed by atoms with Gasteiger partial charge >= 0.3 is 29.6 Å². The maximum atomic E-state index is 11.6. The Morgan fingerprint density at radius 2 is 2.22 bits per heavy atom. The first kappa shape index (κ1) is 18.1. The van der Waals surface area contributed by atoms with Gasteiger partial charge in [0, 0.05) is 16.9 Å². The van der Waals surface area contributed by atoms with Gasteiger partial charge in [-0.25, -0.2) is 0 Å². The van der Waals surface area contributed by atoms with E-state index in [4.69, 9.17) is 0 Å². The number of alkyl halides is 1. The van der Waals surface area contributed by atoms with Crippen molar-refractivity contribution in [3.63, 3.8) is 0 Å². The van der Waals surface area contributed by atoms with E-state index in [1.54, 1.807) is 12.1 Å². The van der Waals surface area contributed by atoms with Gasteiger partial charge in [0.05, 0.1) is 6.61 Å². The Labute approximate surface area is 137 Å². The number of nitrogens with one attached hydrogen (secondary N) is 1. The summed E-state index contributed by atoms with van der Waals surface area (Å²) in [5.41, 5.74) is 2.48. The molecule has 0 saturated carbocycles. The Morgan fingerprint density at radius 1 is 1.56 bits per heavy atom. The van der Waals surface area contributed by atoms with Gasteiger partial charge in [0.25, 0.3) is 0 Å². The number of carbonyl (C=O) groups excluding carboxylic acids is 1. The average molecular weight is 324 g/mol. The van der Waals surface area contributed by atoms with E-state index < -0.39 is 0 Å². The molecule has 1 atom stereocenters. The van der Waals surface area contributed by atoms with E-state index in [1.165, 1.54) is 0 Å². The summed E-state index contributed by atoms with van der Waals surface area (Å²) in [5.74, 6) is -0.117. The summed E-state index contributed by atoms with van der Waals surface area (Å²) in [6.07, 6.45) is 0. The maximum Gasteiger partial charge on any atom is 1.00 e. The van der Waals surface area contributed by atoms with Crippen molar-refractivity contribution in [3.05, 3.63) is 29.3 Å². The van der Waals surface area contributed by atoms with Gasteiger partial charge in [0.15, 0.2) is 0 Å². The number of hydrogen-bond acceptors (Lipinski definition) is 3. The van der Waals surface area contributed by atoms with Crippen LogP contribution in [0.4, 0.5) is 5.69 Å². The van der Waals surface area contributed by atoms with Gasteiger partial charge < -0.3 is 15.5 Å². The number of benzene rings is 1. The second-order valence-electron chi connectivity index (χ2n) is 3.95. The molecule has 18 heavy (non-hydrogen) atoms. The number of anilines is 1. The molecule has 0 aliphatic heterocycles. The number of halogens is 1. The van der Waals surface area contributed by atoms with Crippen LogP contribution in [0.5, 0.6) is 0 Å². The molecule has 0 aliphatic rings. The third-order valence-corrected chi connectivity index (χ3v) is 3.47. The molecule has 4 nitrogen and oxygen atoms in total. The Balaban J connectivity index is 0.00000289. The standard InChI is InChI=1S/C12H16BrNO3.Na/c1-8-5-11(4-3-10(8)7-17-16)14-12(15)9(2)6-13;/h3-5,9,16H,6-7H2,1-2H3,(H,14,15);/q;+1/p-1. The van der Waals surface area contributed by atoms with Crippen LogP contribution in [0.1, 0.15) is 18.1 Å². The molecule has 1 N–H and O–H groups in total. The molecule has 0 bridgehead atoms. The molecule has 0 fully saturated rings. The fraction of sp³-hybridized carbons (Fsp3) is 0.417. The largest absolute Gasteiger partial charge is 1.00 e. The third-order valence-electron chi connectivity index (χ3n) is 2.50. The molecular weight excluding hydrogens is 309 g/mol. The van der Waals surface area contributed by atoms with Crippen molar-refractivity contribution >= 4 is 27.5 Å². The summed E-state index contributed by atoms with van der Waals surface area (Å²) in [4.78, 5) is 15.5. The van der Waals surface area contributed by atoms with E-state index in [2.05, 4.69) is 26.1 Å².